The van der Waals surface area contributed by atoms with Crippen LogP contribution in [0.2, 0.25) is 0 Å². The number of halogens is 1. The number of thiophene rings is 1. The maximum Gasteiger partial charge on any atom is 0.281 e. The summed E-state index contributed by atoms with van der Waals surface area (Å²) < 4.78 is 18.0. The summed E-state index contributed by atoms with van der Waals surface area (Å²) in [6, 6.07) is 14.5. The average Bonchev–Trinajstić information content (AvgIpc) is 3.14. The number of aromatic hydroxyl groups is 1. The van der Waals surface area contributed by atoms with Crippen molar-refractivity contribution in [3.63, 3.8) is 0 Å². The molecule has 1 amide bonds. The number of hydrazone groups is 1. The van der Waals surface area contributed by atoms with Crippen molar-refractivity contribution >= 4 is 23.5 Å². The number of benzene rings is 2. The number of phenols is 1. The number of hydrogen-bond acceptors (Lipinski definition) is 5. The molecule has 0 saturated carbocycles. The molecule has 0 aliphatic rings. The number of rotatable bonds is 5. The maximum absolute atomic E-state index is 13.0. The van der Waals surface area contributed by atoms with Crippen LogP contribution in [0.15, 0.2) is 59.7 Å². The molecule has 0 fully saturated rings. The lowest BCUT2D eigenvalue weighted by atomic mass is 10.2. The summed E-state index contributed by atoms with van der Waals surface area (Å²) in [5.74, 6) is -0.411. The number of hydrogen-bond donors (Lipinski definition) is 2. The summed E-state index contributed by atoms with van der Waals surface area (Å²) in [5, 5.41) is 13.8. The highest BCUT2D eigenvalue weighted by molar-refractivity contribution is 7.17. The largest absolute Gasteiger partial charge is 0.504 e. The van der Waals surface area contributed by atoms with Gasteiger partial charge >= 0.3 is 0 Å². The smallest absolute Gasteiger partial charge is 0.281 e. The minimum absolute atomic E-state index is 0.0530. The second-order valence-corrected chi connectivity index (χ2v) is 6.35. The molecule has 1 aromatic heterocycles. The third-order valence-corrected chi connectivity index (χ3v) is 4.71. The summed E-state index contributed by atoms with van der Waals surface area (Å²) in [6.07, 6.45) is 1.34. The molecular weight excluding hydrogens is 355 g/mol. The molecule has 0 aliphatic carbocycles. The topological polar surface area (TPSA) is 70.9 Å². The number of nitrogens with one attached hydrogen (secondary N) is 1. The van der Waals surface area contributed by atoms with E-state index in [0.29, 0.717) is 16.2 Å². The highest BCUT2D eigenvalue weighted by Gasteiger charge is 2.10. The molecule has 3 aromatic rings. The predicted molar refractivity (Wildman–Crippen MR) is 99.4 cm³/mol. The number of carbonyl (C=O) groups is 1. The van der Waals surface area contributed by atoms with E-state index in [2.05, 4.69) is 10.5 Å². The van der Waals surface area contributed by atoms with Gasteiger partial charge in [0.25, 0.3) is 5.91 Å². The number of phenolic OH excluding ortho intramolecular Hbond substituents is 1. The number of amides is 1. The van der Waals surface area contributed by atoms with Gasteiger partial charge in [0, 0.05) is 10.4 Å². The lowest BCUT2D eigenvalue weighted by Crippen LogP contribution is -2.16. The molecule has 5 nitrogen and oxygen atoms in total. The molecule has 2 N–H and O–H groups in total. The van der Waals surface area contributed by atoms with Crippen molar-refractivity contribution in [2.75, 3.05) is 7.11 Å². The van der Waals surface area contributed by atoms with E-state index in [1.165, 1.54) is 36.8 Å². The Bertz CT molecular complexity index is 952. The molecule has 0 atom stereocenters. The van der Waals surface area contributed by atoms with Gasteiger partial charge in [-0.15, -0.1) is 11.3 Å². The van der Waals surface area contributed by atoms with E-state index in [9.17, 15) is 14.3 Å². The highest BCUT2D eigenvalue weighted by Crippen LogP contribution is 2.29. The molecule has 0 saturated heterocycles. The highest BCUT2D eigenvalue weighted by atomic mass is 32.1. The van der Waals surface area contributed by atoms with Gasteiger partial charge in [0.1, 0.15) is 5.82 Å². The molecule has 3 rings (SSSR count). The number of methoxy groups -OCH3 is 1. The first-order valence-electron chi connectivity index (χ1n) is 7.63. The van der Waals surface area contributed by atoms with Gasteiger partial charge in [0.05, 0.1) is 18.2 Å². The van der Waals surface area contributed by atoms with Crippen LogP contribution in [-0.2, 0) is 0 Å². The minimum Gasteiger partial charge on any atom is -0.504 e. The molecule has 132 valence electrons. The van der Waals surface area contributed by atoms with Crippen LogP contribution in [0.4, 0.5) is 4.39 Å². The Morgan fingerprint density at radius 1 is 1.19 bits per heavy atom. The Morgan fingerprint density at radius 2 is 1.96 bits per heavy atom. The van der Waals surface area contributed by atoms with E-state index in [-0.39, 0.29) is 17.5 Å². The van der Waals surface area contributed by atoms with Gasteiger partial charge in [0.15, 0.2) is 11.5 Å². The van der Waals surface area contributed by atoms with Crippen molar-refractivity contribution in [2.45, 2.75) is 0 Å². The SMILES string of the molecule is COc1cccc(/C=N/NC(=O)c2ccc(-c3ccc(F)cc3)s2)c1O. The fourth-order valence-electron chi connectivity index (χ4n) is 2.25. The van der Waals surface area contributed by atoms with Crippen LogP contribution in [0.1, 0.15) is 15.2 Å². The Morgan fingerprint density at radius 3 is 2.69 bits per heavy atom. The Labute approximate surface area is 153 Å². The zero-order valence-electron chi connectivity index (χ0n) is 13.8. The second kappa shape index (κ2) is 7.79. The van der Waals surface area contributed by atoms with Gasteiger partial charge in [-0.3, -0.25) is 4.79 Å². The molecule has 26 heavy (non-hydrogen) atoms. The first-order valence-corrected chi connectivity index (χ1v) is 8.45. The van der Waals surface area contributed by atoms with Crippen molar-refractivity contribution in [1.29, 1.82) is 0 Å². The maximum atomic E-state index is 13.0. The van der Waals surface area contributed by atoms with E-state index in [1.54, 1.807) is 42.5 Å². The molecular formula is C19H15FN2O3S. The monoisotopic (exact) mass is 370 g/mol. The fraction of sp³-hybridized carbons (Fsp3) is 0.0526. The van der Waals surface area contributed by atoms with Crippen molar-refractivity contribution in [3.8, 4) is 21.9 Å². The molecule has 0 spiro atoms. The molecule has 2 aromatic carbocycles. The lowest BCUT2D eigenvalue weighted by Gasteiger charge is -2.04. The molecule has 0 aliphatic heterocycles. The molecule has 0 unspecified atom stereocenters. The third-order valence-electron chi connectivity index (χ3n) is 3.58. The predicted octanol–water partition coefficient (Wildman–Crippen LogP) is 4.03. The minimum atomic E-state index is -0.373. The van der Waals surface area contributed by atoms with Crippen LogP contribution in [0, 0.1) is 5.82 Å². The summed E-state index contributed by atoms with van der Waals surface area (Å²) in [6.45, 7) is 0. The summed E-state index contributed by atoms with van der Waals surface area (Å²) in [7, 11) is 1.45. The zero-order valence-corrected chi connectivity index (χ0v) is 14.6. The number of ether oxygens (including phenoxy) is 1. The van der Waals surface area contributed by atoms with E-state index in [1.807, 2.05) is 0 Å². The Hall–Kier alpha value is -3.19. The summed E-state index contributed by atoms with van der Waals surface area (Å²) >= 11 is 1.28. The normalized spacial score (nSPS) is 10.8. The van der Waals surface area contributed by atoms with Crippen LogP contribution < -0.4 is 10.2 Å². The summed E-state index contributed by atoms with van der Waals surface area (Å²) in [4.78, 5) is 13.5. The van der Waals surface area contributed by atoms with Crippen LogP contribution in [0.5, 0.6) is 11.5 Å². The van der Waals surface area contributed by atoms with Crippen molar-refractivity contribution < 1.29 is 19.0 Å². The van der Waals surface area contributed by atoms with Gasteiger partial charge < -0.3 is 9.84 Å². The average molecular weight is 370 g/mol. The van der Waals surface area contributed by atoms with Crippen molar-refractivity contribution in [1.82, 2.24) is 5.43 Å². The second-order valence-electron chi connectivity index (χ2n) is 5.27. The van der Waals surface area contributed by atoms with E-state index in [4.69, 9.17) is 4.74 Å². The van der Waals surface area contributed by atoms with Gasteiger partial charge in [-0.2, -0.15) is 5.10 Å². The number of carbonyl (C=O) groups excluding carboxylic acids is 1. The van der Waals surface area contributed by atoms with Crippen LogP contribution in [0.3, 0.4) is 0 Å². The Kier molecular flexibility index (Phi) is 5.28. The van der Waals surface area contributed by atoms with Crippen LogP contribution >= 0.6 is 11.3 Å². The zero-order chi connectivity index (χ0) is 18.5. The van der Waals surface area contributed by atoms with Gasteiger partial charge in [0.2, 0.25) is 0 Å². The quantitative estimate of drug-likeness (QED) is 0.526. The number of nitrogens with zero attached hydrogens (tertiary/aromatic N) is 1. The van der Waals surface area contributed by atoms with Crippen LogP contribution in [-0.4, -0.2) is 24.3 Å². The first kappa shape index (κ1) is 17.6. The van der Waals surface area contributed by atoms with E-state index >= 15 is 0 Å². The Balaban J connectivity index is 1.68. The molecule has 7 heteroatoms. The van der Waals surface area contributed by atoms with Crippen molar-refractivity contribution in [3.05, 3.63) is 70.9 Å². The van der Waals surface area contributed by atoms with Crippen molar-refractivity contribution in [2.24, 2.45) is 5.10 Å². The molecule has 0 bridgehead atoms. The standard InChI is InChI=1S/C19H15FN2O3S/c1-25-15-4-2-3-13(18(15)23)11-21-22-19(24)17-10-9-16(26-17)12-5-7-14(20)8-6-12/h2-11,23H,1H3,(H,22,24)/b21-11+. The number of para-hydroxylation sites is 1. The van der Waals surface area contributed by atoms with E-state index < -0.39 is 0 Å². The molecule has 1 heterocycles. The lowest BCUT2D eigenvalue weighted by molar-refractivity contribution is 0.0959. The fourth-order valence-corrected chi connectivity index (χ4v) is 3.15. The van der Waals surface area contributed by atoms with E-state index in [0.717, 1.165) is 10.4 Å². The van der Waals surface area contributed by atoms with Crippen LogP contribution in [0.25, 0.3) is 10.4 Å². The van der Waals surface area contributed by atoms with Gasteiger partial charge in [-0.05, 0) is 42.0 Å². The third kappa shape index (κ3) is 3.89. The van der Waals surface area contributed by atoms with Gasteiger partial charge in [-0.1, -0.05) is 18.2 Å². The first-order chi connectivity index (χ1) is 12.6. The molecule has 0 radical (unpaired) electrons. The summed E-state index contributed by atoms with van der Waals surface area (Å²) in [5.41, 5.74) is 3.67. The van der Waals surface area contributed by atoms with Gasteiger partial charge in [-0.25, -0.2) is 9.82 Å².